The number of carbonyl (C=O) groups excluding carboxylic acids is 1. The lowest BCUT2D eigenvalue weighted by molar-refractivity contribution is 0.0515. The molecule has 1 aromatic carbocycles. The SMILES string of the molecule is CCOC(=O)c1nn(CCCc2ccccc2)c2c1CN(Cc1ccc(CO)o1)CC2. The lowest BCUT2D eigenvalue weighted by Gasteiger charge is -2.26. The third-order valence-electron chi connectivity index (χ3n) is 5.61. The average Bonchev–Trinajstić information content (AvgIpc) is 3.39. The Hall–Kier alpha value is -2.90. The average molecular weight is 424 g/mol. The first-order valence-corrected chi connectivity index (χ1v) is 10.9. The fourth-order valence-electron chi connectivity index (χ4n) is 4.12. The maximum atomic E-state index is 12.6. The lowest BCUT2D eigenvalue weighted by Crippen LogP contribution is -2.31. The topological polar surface area (TPSA) is 80.7 Å². The number of aryl methyl sites for hydroxylation is 2. The lowest BCUT2D eigenvalue weighted by atomic mass is 10.0. The van der Waals surface area contributed by atoms with Gasteiger partial charge in [0.15, 0.2) is 5.69 Å². The Labute approximate surface area is 182 Å². The number of fused-ring (bicyclic) bond motifs is 1. The maximum absolute atomic E-state index is 12.6. The second-order valence-corrected chi connectivity index (χ2v) is 7.79. The molecule has 1 aliphatic rings. The molecule has 0 saturated heterocycles. The van der Waals surface area contributed by atoms with Crippen molar-refractivity contribution in [1.82, 2.24) is 14.7 Å². The van der Waals surface area contributed by atoms with Crippen LogP contribution in [0.3, 0.4) is 0 Å². The summed E-state index contributed by atoms with van der Waals surface area (Å²) in [5.74, 6) is 1.01. The molecule has 0 fully saturated rings. The summed E-state index contributed by atoms with van der Waals surface area (Å²) in [5, 5.41) is 13.9. The molecule has 0 saturated carbocycles. The third-order valence-corrected chi connectivity index (χ3v) is 5.61. The van der Waals surface area contributed by atoms with Crippen molar-refractivity contribution in [3.63, 3.8) is 0 Å². The molecule has 7 heteroatoms. The predicted octanol–water partition coefficient (Wildman–Crippen LogP) is 3.34. The van der Waals surface area contributed by atoms with Crippen LogP contribution in [0.4, 0.5) is 0 Å². The van der Waals surface area contributed by atoms with Crippen molar-refractivity contribution in [1.29, 1.82) is 0 Å². The molecule has 0 bridgehead atoms. The van der Waals surface area contributed by atoms with E-state index in [-0.39, 0.29) is 12.6 Å². The van der Waals surface area contributed by atoms with Crippen LogP contribution >= 0.6 is 0 Å². The van der Waals surface area contributed by atoms with E-state index in [4.69, 9.17) is 9.15 Å². The number of ether oxygens (including phenoxy) is 1. The molecule has 1 aliphatic heterocycles. The van der Waals surface area contributed by atoms with E-state index in [1.165, 1.54) is 5.56 Å². The molecule has 4 rings (SSSR count). The molecule has 0 atom stereocenters. The number of carbonyl (C=O) groups is 1. The predicted molar refractivity (Wildman–Crippen MR) is 115 cm³/mol. The van der Waals surface area contributed by atoms with Crippen molar-refractivity contribution in [3.8, 4) is 0 Å². The van der Waals surface area contributed by atoms with Gasteiger partial charge in [-0.3, -0.25) is 9.58 Å². The first-order valence-electron chi connectivity index (χ1n) is 10.9. The van der Waals surface area contributed by atoms with Gasteiger partial charge in [0.25, 0.3) is 0 Å². The molecule has 0 amide bonds. The number of esters is 1. The van der Waals surface area contributed by atoms with Gasteiger partial charge in [-0.1, -0.05) is 30.3 Å². The van der Waals surface area contributed by atoms with Gasteiger partial charge in [0.1, 0.15) is 18.1 Å². The first kappa shape index (κ1) is 21.3. The van der Waals surface area contributed by atoms with E-state index in [2.05, 4.69) is 34.3 Å². The van der Waals surface area contributed by atoms with Crippen LogP contribution in [0.25, 0.3) is 0 Å². The number of rotatable bonds is 9. The van der Waals surface area contributed by atoms with Gasteiger partial charge in [0.05, 0.1) is 13.2 Å². The van der Waals surface area contributed by atoms with Crippen LogP contribution in [0.1, 0.15) is 52.2 Å². The molecule has 1 N–H and O–H groups in total. The highest BCUT2D eigenvalue weighted by Crippen LogP contribution is 2.25. The summed E-state index contributed by atoms with van der Waals surface area (Å²) in [6.07, 6.45) is 2.75. The van der Waals surface area contributed by atoms with Gasteiger partial charge in [-0.05, 0) is 37.5 Å². The van der Waals surface area contributed by atoms with E-state index in [0.29, 0.717) is 31.2 Å². The second kappa shape index (κ2) is 9.94. The number of aliphatic hydroxyl groups excluding tert-OH is 1. The standard InChI is InChI=1S/C24H29N3O4/c1-2-30-24(29)23-21-16-26(15-19-10-11-20(17-28)31-19)14-12-22(21)27(25-23)13-6-9-18-7-4-3-5-8-18/h3-5,7-8,10-11,28H,2,6,9,12-17H2,1H3. The highest BCUT2D eigenvalue weighted by molar-refractivity contribution is 5.89. The number of benzene rings is 1. The Morgan fingerprint density at radius 3 is 2.74 bits per heavy atom. The number of hydrogen-bond donors (Lipinski definition) is 1. The van der Waals surface area contributed by atoms with Crippen molar-refractivity contribution in [2.75, 3.05) is 13.2 Å². The maximum Gasteiger partial charge on any atom is 0.359 e. The fourth-order valence-corrected chi connectivity index (χ4v) is 4.12. The van der Waals surface area contributed by atoms with Crippen molar-refractivity contribution in [3.05, 3.63) is 76.5 Å². The summed E-state index contributed by atoms with van der Waals surface area (Å²) < 4.78 is 12.9. The summed E-state index contributed by atoms with van der Waals surface area (Å²) in [5.41, 5.74) is 3.82. The molecular formula is C24H29N3O4. The minimum absolute atomic E-state index is 0.104. The molecule has 7 nitrogen and oxygen atoms in total. The minimum atomic E-state index is -0.358. The molecule has 0 unspecified atom stereocenters. The van der Waals surface area contributed by atoms with Crippen molar-refractivity contribution in [2.45, 2.75) is 52.4 Å². The zero-order valence-electron chi connectivity index (χ0n) is 17.9. The van der Waals surface area contributed by atoms with Crippen molar-refractivity contribution in [2.24, 2.45) is 0 Å². The Kier molecular flexibility index (Phi) is 6.84. The zero-order chi connectivity index (χ0) is 21.6. The van der Waals surface area contributed by atoms with E-state index < -0.39 is 0 Å². The smallest absolute Gasteiger partial charge is 0.359 e. The van der Waals surface area contributed by atoms with Gasteiger partial charge in [0, 0.05) is 37.3 Å². The van der Waals surface area contributed by atoms with Gasteiger partial charge in [-0.15, -0.1) is 0 Å². The Morgan fingerprint density at radius 2 is 2.00 bits per heavy atom. The van der Waals surface area contributed by atoms with Crippen LogP contribution in [-0.4, -0.2) is 38.9 Å². The molecule has 164 valence electrons. The normalized spacial score (nSPS) is 13.9. The number of furan rings is 1. The Bertz CT molecular complexity index is 1010. The highest BCUT2D eigenvalue weighted by atomic mass is 16.5. The van der Waals surface area contributed by atoms with Crippen LogP contribution in [0.15, 0.2) is 46.9 Å². The largest absolute Gasteiger partial charge is 0.462 e. The van der Waals surface area contributed by atoms with E-state index >= 15 is 0 Å². The summed E-state index contributed by atoms with van der Waals surface area (Å²) >= 11 is 0. The van der Waals surface area contributed by atoms with Crippen molar-refractivity contribution < 1.29 is 19.1 Å². The molecule has 31 heavy (non-hydrogen) atoms. The summed E-state index contributed by atoms with van der Waals surface area (Å²) in [7, 11) is 0. The summed E-state index contributed by atoms with van der Waals surface area (Å²) in [6, 6.07) is 14.1. The molecule has 2 aromatic heterocycles. The number of nitrogens with zero attached hydrogens (tertiary/aromatic N) is 3. The number of aliphatic hydroxyl groups is 1. The first-order chi connectivity index (χ1) is 15.2. The fraction of sp³-hybridized carbons (Fsp3) is 0.417. The minimum Gasteiger partial charge on any atom is -0.462 e. The van der Waals surface area contributed by atoms with E-state index in [9.17, 15) is 9.90 Å². The Balaban J connectivity index is 1.49. The van der Waals surface area contributed by atoms with Crippen LogP contribution in [0, 0.1) is 0 Å². The van der Waals surface area contributed by atoms with Crippen LogP contribution in [-0.2, 0) is 43.8 Å². The molecule has 0 spiro atoms. The monoisotopic (exact) mass is 423 g/mol. The van der Waals surface area contributed by atoms with E-state index in [0.717, 1.165) is 49.4 Å². The number of aromatic nitrogens is 2. The van der Waals surface area contributed by atoms with Crippen LogP contribution in [0.5, 0.6) is 0 Å². The summed E-state index contributed by atoms with van der Waals surface area (Å²) in [6.45, 7) is 4.91. The third kappa shape index (κ3) is 5.06. The van der Waals surface area contributed by atoms with Gasteiger partial charge in [-0.25, -0.2) is 4.79 Å². The highest BCUT2D eigenvalue weighted by Gasteiger charge is 2.29. The molecule has 3 aromatic rings. The quantitative estimate of drug-likeness (QED) is 0.532. The molecule has 0 radical (unpaired) electrons. The zero-order valence-corrected chi connectivity index (χ0v) is 17.9. The van der Waals surface area contributed by atoms with Crippen LogP contribution in [0.2, 0.25) is 0 Å². The molecule has 0 aliphatic carbocycles. The van der Waals surface area contributed by atoms with E-state index in [1.54, 1.807) is 6.07 Å². The Morgan fingerprint density at radius 1 is 1.19 bits per heavy atom. The van der Waals surface area contributed by atoms with E-state index in [1.807, 2.05) is 23.7 Å². The van der Waals surface area contributed by atoms with Gasteiger partial charge < -0.3 is 14.3 Å². The summed E-state index contributed by atoms with van der Waals surface area (Å²) in [4.78, 5) is 14.8. The van der Waals surface area contributed by atoms with Crippen LogP contribution < -0.4 is 0 Å². The van der Waals surface area contributed by atoms with Gasteiger partial charge in [-0.2, -0.15) is 5.10 Å². The van der Waals surface area contributed by atoms with Gasteiger partial charge >= 0.3 is 5.97 Å². The number of hydrogen-bond acceptors (Lipinski definition) is 6. The molecule has 3 heterocycles. The second-order valence-electron chi connectivity index (χ2n) is 7.79. The van der Waals surface area contributed by atoms with Gasteiger partial charge in [0.2, 0.25) is 0 Å². The molecular weight excluding hydrogens is 394 g/mol. The van der Waals surface area contributed by atoms with Crippen molar-refractivity contribution >= 4 is 5.97 Å².